The number of hydrogen-bond donors (Lipinski definition) is 0. The van der Waals surface area contributed by atoms with Crippen LogP contribution < -0.4 is 0 Å². The third kappa shape index (κ3) is 2.60. The molecule has 2 aliphatic rings. The molecular weight excluding hydrogens is 470 g/mol. The fourth-order valence-corrected chi connectivity index (χ4v) is 7.54. The van der Waals surface area contributed by atoms with Crippen molar-refractivity contribution in [2.75, 3.05) is 0 Å². The summed E-state index contributed by atoms with van der Waals surface area (Å²) in [5, 5.41) is 2.61. The van der Waals surface area contributed by atoms with Gasteiger partial charge in [0.25, 0.3) is 0 Å². The molecule has 0 fully saturated rings. The summed E-state index contributed by atoms with van der Waals surface area (Å²) in [7, 11) is 0. The minimum absolute atomic E-state index is 0.450. The molecule has 182 valence electrons. The lowest BCUT2D eigenvalue weighted by Gasteiger charge is -2.42. The van der Waals surface area contributed by atoms with Gasteiger partial charge >= 0.3 is 0 Å². The number of benzene rings is 6. The summed E-state index contributed by atoms with van der Waals surface area (Å²) in [6, 6.07) is 52.1. The molecule has 1 atom stereocenters. The lowest BCUT2D eigenvalue weighted by molar-refractivity contribution is 0.728. The van der Waals surface area contributed by atoms with Crippen LogP contribution in [0.25, 0.3) is 38.6 Å². The van der Waals surface area contributed by atoms with Crippen LogP contribution in [-0.4, -0.2) is 4.57 Å². The van der Waals surface area contributed by atoms with E-state index in [0.29, 0.717) is 0 Å². The first-order valence-electron chi connectivity index (χ1n) is 13.8. The van der Waals surface area contributed by atoms with Gasteiger partial charge in [-0.25, -0.2) is 0 Å². The molecule has 1 aromatic heterocycles. The van der Waals surface area contributed by atoms with Gasteiger partial charge in [-0.1, -0.05) is 121 Å². The molecule has 1 aliphatic heterocycles. The summed E-state index contributed by atoms with van der Waals surface area (Å²) < 4.78 is 2.50. The van der Waals surface area contributed by atoms with E-state index in [-0.39, 0.29) is 0 Å². The molecule has 1 heteroatoms. The summed E-state index contributed by atoms with van der Waals surface area (Å²) in [4.78, 5) is 0. The minimum atomic E-state index is -0.450. The van der Waals surface area contributed by atoms with E-state index < -0.39 is 5.41 Å². The highest BCUT2D eigenvalue weighted by molar-refractivity contribution is 6.12. The fraction of sp³-hybridized carbons (Fsp3) is 0.0526. The number of nitrogens with zero attached hydrogens (tertiary/aromatic N) is 1. The first-order valence-corrected chi connectivity index (χ1v) is 13.8. The molecule has 7 aromatic rings. The van der Waals surface area contributed by atoms with E-state index in [1.807, 2.05) is 0 Å². The number of fused-ring (bicyclic) bond motifs is 8. The van der Waals surface area contributed by atoms with Crippen molar-refractivity contribution in [1.29, 1.82) is 0 Å². The molecular formula is C38H25N. The summed E-state index contributed by atoms with van der Waals surface area (Å²) in [5.41, 5.74) is 14.2. The Morgan fingerprint density at radius 2 is 1.21 bits per heavy atom. The van der Waals surface area contributed by atoms with E-state index >= 15 is 0 Å². The third-order valence-corrected chi connectivity index (χ3v) is 9.09. The maximum absolute atomic E-state index is 2.50. The lowest BCUT2D eigenvalue weighted by Crippen LogP contribution is -2.35. The molecule has 1 unspecified atom stereocenters. The van der Waals surface area contributed by atoms with E-state index in [1.54, 1.807) is 0 Å². The van der Waals surface area contributed by atoms with E-state index in [1.165, 1.54) is 72.0 Å². The van der Waals surface area contributed by atoms with Crippen molar-refractivity contribution < 1.29 is 0 Å². The molecule has 0 radical (unpaired) electrons. The maximum atomic E-state index is 2.50. The Morgan fingerprint density at radius 3 is 2.15 bits per heavy atom. The average Bonchev–Trinajstić information content (AvgIpc) is 3.55. The monoisotopic (exact) mass is 495 g/mol. The van der Waals surface area contributed by atoms with Crippen LogP contribution in [0.3, 0.4) is 0 Å². The van der Waals surface area contributed by atoms with Crippen LogP contribution in [0.1, 0.15) is 33.4 Å². The molecule has 0 saturated carbocycles. The minimum Gasteiger partial charge on any atom is -0.309 e. The van der Waals surface area contributed by atoms with Crippen molar-refractivity contribution in [2.45, 2.75) is 11.8 Å². The predicted molar refractivity (Wildman–Crippen MR) is 161 cm³/mol. The van der Waals surface area contributed by atoms with Crippen LogP contribution in [0.2, 0.25) is 0 Å². The number of hydrogen-bond acceptors (Lipinski definition) is 0. The van der Waals surface area contributed by atoms with Crippen molar-refractivity contribution >= 4 is 21.8 Å². The van der Waals surface area contributed by atoms with Crippen LogP contribution in [0, 0.1) is 0 Å². The molecule has 1 aliphatic carbocycles. The van der Waals surface area contributed by atoms with Crippen molar-refractivity contribution in [1.82, 2.24) is 4.57 Å². The first-order chi connectivity index (χ1) is 19.4. The molecule has 9 rings (SSSR count). The van der Waals surface area contributed by atoms with Gasteiger partial charge in [0.15, 0.2) is 0 Å². The maximum Gasteiger partial charge on any atom is 0.0742 e. The molecule has 0 amide bonds. The highest BCUT2D eigenvalue weighted by atomic mass is 15.0. The van der Waals surface area contributed by atoms with Gasteiger partial charge in [0.1, 0.15) is 0 Å². The van der Waals surface area contributed by atoms with E-state index in [4.69, 9.17) is 0 Å². The van der Waals surface area contributed by atoms with Crippen molar-refractivity contribution in [3.63, 3.8) is 0 Å². The number of rotatable bonds is 2. The Bertz CT molecular complexity index is 2100. The molecule has 0 N–H and O–H groups in total. The van der Waals surface area contributed by atoms with Crippen molar-refractivity contribution in [2.24, 2.45) is 0 Å². The molecule has 0 spiro atoms. The van der Waals surface area contributed by atoms with Gasteiger partial charge in [0, 0.05) is 10.8 Å². The zero-order chi connectivity index (χ0) is 25.6. The third-order valence-electron chi connectivity index (χ3n) is 9.09. The summed E-state index contributed by atoms with van der Waals surface area (Å²) in [6.45, 7) is 0. The average molecular weight is 496 g/mol. The molecule has 1 nitrogen and oxygen atoms in total. The van der Waals surface area contributed by atoms with Crippen LogP contribution in [-0.2, 0) is 11.8 Å². The van der Waals surface area contributed by atoms with Gasteiger partial charge in [-0.15, -0.1) is 0 Å². The van der Waals surface area contributed by atoms with Crippen LogP contribution in [0.15, 0.2) is 140 Å². The predicted octanol–water partition coefficient (Wildman–Crippen LogP) is 9.05. The quantitative estimate of drug-likeness (QED) is 0.225. The molecule has 2 heterocycles. The Hall–Kier alpha value is -4.88. The largest absolute Gasteiger partial charge is 0.309 e. The zero-order valence-corrected chi connectivity index (χ0v) is 21.4. The standard InChI is InChI=1S/C38H25N/c1-2-12-27(13-3-1)38(28-22-21-26-23-25-11-4-5-14-29(25)32(26)24-28)33-17-7-9-20-36(33)39-35-19-8-6-15-30(35)31-16-10-18-34(38)37(31)39/h1-22,24H,23H2. The highest BCUT2D eigenvalue weighted by Crippen LogP contribution is 2.55. The van der Waals surface area contributed by atoms with Crippen LogP contribution in [0.5, 0.6) is 0 Å². The molecule has 6 aromatic carbocycles. The molecule has 39 heavy (non-hydrogen) atoms. The van der Waals surface area contributed by atoms with Gasteiger partial charge in [-0.05, 0) is 69.1 Å². The van der Waals surface area contributed by atoms with E-state index in [9.17, 15) is 0 Å². The SMILES string of the molecule is c1ccc(C2(c3ccc4c(c3)-c3ccccc3C4)c3ccccc3-n3c4ccccc4c4cccc2c43)cc1. The zero-order valence-electron chi connectivity index (χ0n) is 21.4. The Kier molecular flexibility index (Phi) is 4.10. The molecule has 0 saturated heterocycles. The van der Waals surface area contributed by atoms with Crippen molar-refractivity contribution in [3.05, 3.63) is 173 Å². The smallest absolute Gasteiger partial charge is 0.0742 e. The Labute approximate surface area is 227 Å². The Balaban J connectivity index is 1.49. The Morgan fingerprint density at radius 1 is 0.487 bits per heavy atom. The van der Waals surface area contributed by atoms with Gasteiger partial charge in [-0.2, -0.15) is 0 Å². The van der Waals surface area contributed by atoms with Gasteiger partial charge < -0.3 is 4.57 Å². The van der Waals surface area contributed by atoms with Crippen molar-refractivity contribution in [3.8, 4) is 16.8 Å². The number of para-hydroxylation sites is 3. The highest BCUT2D eigenvalue weighted by Gasteiger charge is 2.45. The van der Waals surface area contributed by atoms with Gasteiger partial charge in [0.2, 0.25) is 0 Å². The topological polar surface area (TPSA) is 4.93 Å². The lowest BCUT2D eigenvalue weighted by atomic mass is 9.63. The normalized spacial score (nSPS) is 16.7. The summed E-state index contributed by atoms with van der Waals surface area (Å²) in [5.74, 6) is 0. The molecule has 0 bridgehead atoms. The summed E-state index contributed by atoms with van der Waals surface area (Å²) in [6.07, 6.45) is 1.00. The fourth-order valence-electron chi connectivity index (χ4n) is 7.54. The van der Waals surface area contributed by atoms with Gasteiger partial charge in [0.05, 0.1) is 22.1 Å². The van der Waals surface area contributed by atoms with Gasteiger partial charge in [-0.3, -0.25) is 0 Å². The second-order valence-electron chi connectivity index (χ2n) is 10.9. The summed E-state index contributed by atoms with van der Waals surface area (Å²) >= 11 is 0. The van der Waals surface area contributed by atoms with Crippen LogP contribution >= 0.6 is 0 Å². The second kappa shape index (κ2) is 7.58. The number of aromatic nitrogens is 1. The first kappa shape index (κ1) is 21.1. The van der Waals surface area contributed by atoms with E-state index in [2.05, 4.69) is 144 Å². The van der Waals surface area contributed by atoms with Crippen LogP contribution in [0.4, 0.5) is 0 Å². The van der Waals surface area contributed by atoms with E-state index in [0.717, 1.165) is 6.42 Å². The second-order valence-corrected chi connectivity index (χ2v) is 10.9.